The van der Waals surface area contributed by atoms with E-state index in [2.05, 4.69) is 44.9 Å². The van der Waals surface area contributed by atoms with E-state index in [4.69, 9.17) is 19.4 Å². The lowest BCUT2D eigenvalue weighted by Gasteiger charge is -2.53. The number of likely N-dealkylation sites (tertiary alicyclic amines) is 2. The van der Waals surface area contributed by atoms with Gasteiger partial charge in [0.2, 0.25) is 11.8 Å². The summed E-state index contributed by atoms with van der Waals surface area (Å²) in [5.74, 6) is 1.28. The summed E-state index contributed by atoms with van der Waals surface area (Å²) in [6.07, 6.45) is 13.4. The second-order valence-electron chi connectivity index (χ2n) is 17.2. The zero-order valence-corrected chi connectivity index (χ0v) is 34.4. The molecular formula is C43H60N8O6. The number of nitrogens with one attached hydrogen (secondary N) is 4. The number of carbonyl (C=O) groups is 4. The molecule has 5 aliphatic rings. The van der Waals surface area contributed by atoms with Gasteiger partial charge in [-0.15, -0.1) is 0 Å². The van der Waals surface area contributed by atoms with Gasteiger partial charge in [0.15, 0.2) is 0 Å². The van der Waals surface area contributed by atoms with E-state index in [0.717, 1.165) is 93.5 Å². The molecule has 14 heteroatoms. The second-order valence-corrected chi connectivity index (χ2v) is 17.2. The molecule has 3 saturated carbocycles. The molecule has 3 aromatic rings. The summed E-state index contributed by atoms with van der Waals surface area (Å²) < 4.78 is 9.62. The van der Waals surface area contributed by atoms with Gasteiger partial charge in [0.25, 0.3) is 0 Å². The number of carbonyl (C=O) groups excluding carboxylic acids is 4. The molecule has 2 aliphatic heterocycles. The zero-order chi connectivity index (χ0) is 40.5. The van der Waals surface area contributed by atoms with Crippen LogP contribution in [0.1, 0.15) is 133 Å². The molecule has 57 heavy (non-hydrogen) atoms. The van der Waals surface area contributed by atoms with E-state index >= 15 is 0 Å². The fourth-order valence-corrected chi connectivity index (χ4v) is 10.0. The average molecular weight is 785 g/mol. The van der Waals surface area contributed by atoms with Crippen molar-refractivity contribution in [2.75, 3.05) is 27.3 Å². The summed E-state index contributed by atoms with van der Waals surface area (Å²) in [6, 6.07) is 7.30. The Morgan fingerprint density at radius 3 is 1.81 bits per heavy atom. The predicted octanol–water partition coefficient (Wildman–Crippen LogP) is 6.82. The molecule has 14 nitrogen and oxygen atoms in total. The Morgan fingerprint density at radius 2 is 1.26 bits per heavy atom. The summed E-state index contributed by atoms with van der Waals surface area (Å²) in [7, 11) is 2.62. The van der Waals surface area contributed by atoms with Gasteiger partial charge in [-0.3, -0.25) is 9.59 Å². The Kier molecular flexibility index (Phi) is 11.7. The highest BCUT2D eigenvalue weighted by molar-refractivity contribution is 5.87. The molecule has 308 valence electrons. The highest BCUT2D eigenvalue weighted by Crippen LogP contribution is 2.58. The number of rotatable bonds is 12. The third-order valence-electron chi connectivity index (χ3n) is 13.8. The zero-order valence-electron chi connectivity index (χ0n) is 34.4. The van der Waals surface area contributed by atoms with E-state index in [-0.39, 0.29) is 46.6 Å². The van der Waals surface area contributed by atoms with E-state index in [0.29, 0.717) is 13.1 Å². The standard InChI is InChI=1S/C43H60N8O6/c1-7-27(4)35(49-41(55)57-6)39(53)51-23-9-11-32(51)37-45-25-33(47-37)43-19-16-42(17-20-43,18-21-43)29-14-12-28(13-15-29)30-24-44-36(46-30)31-10-8-22-50(31)38(52)34(26(2)3)48-40(54)56-5/h12-15,24-27,31-32,34-35H,7-11,16-23H2,1-6H3,(H,44,46)(H,45,47)(H,48,54)(H,49,55). The van der Waals surface area contributed by atoms with E-state index in [1.54, 1.807) is 0 Å². The van der Waals surface area contributed by atoms with Crippen molar-refractivity contribution in [3.05, 3.63) is 59.6 Å². The molecule has 3 aliphatic carbocycles. The van der Waals surface area contributed by atoms with Gasteiger partial charge < -0.3 is 39.9 Å². The summed E-state index contributed by atoms with van der Waals surface area (Å²) in [5, 5.41) is 5.50. The summed E-state index contributed by atoms with van der Waals surface area (Å²) >= 11 is 0. The third kappa shape index (κ3) is 7.75. The number of nitrogens with zero attached hydrogens (tertiary/aromatic N) is 4. The fraction of sp³-hybridized carbons (Fsp3) is 0.628. The van der Waals surface area contributed by atoms with Crippen LogP contribution >= 0.6 is 0 Å². The lowest BCUT2D eigenvalue weighted by atomic mass is 9.51. The maximum atomic E-state index is 13.8. The Bertz CT molecular complexity index is 1900. The van der Waals surface area contributed by atoms with Crippen LogP contribution in [-0.4, -0.2) is 93.1 Å². The summed E-state index contributed by atoms with van der Waals surface area (Å²) in [6.45, 7) is 9.09. The van der Waals surface area contributed by atoms with Crippen LogP contribution in [0.3, 0.4) is 0 Å². The maximum absolute atomic E-state index is 13.8. The number of benzene rings is 1. The Morgan fingerprint density at radius 1 is 0.754 bits per heavy atom. The normalized spacial score (nSPS) is 25.9. The minimum atomic E-state index is -0.673. The fourth-order valence-electron chi connectivity index (χ4n) is 10.0. The maximum Gasteiger partial charge on any atom is 0.407 e. The molecule has 4 N–H and O–H groups in total. The van der Waals surface area contributed by atoms with Gasteiger partial charge in [-0.05, 0) is 92.6 Å². The van der Waals surface area contributed by atoms with E-state index < -0.39 is 24.3 Å². The number of H-pyrrole nitrogens is 2. The minimum Gasteiger partial charge on any atom is -0.453 e. The van der Waals surface area contributed by atoms with Crippen molar-refractivity contribution in [2.24, 2.45) is 11.8 Å². The van der Waals surface area contributed by atoms with Crippen LogP contribution in [0.5, 0.6) is 0 Å². The first-order valence-electron chi connectivity index (χ1n) is 20.9. The molecule has 5 atom stereocenters. The monoisotopic (exact) mass is 784 g/mol. The second kappa shape index (κ2) is 16.5. The number of alkyl carbamates (subject to hydrolysis) is 2. The molecule has 8 rings (SSSR count). The molecule has 0 radical (unpaired) electrons. The number of amides is 4. The SMILES string of the molecule is CCC(C)C(NC(=O)OC)C(=O)N1CCCC1c1ncc(C23CCC(c4ccc(-c5cnc(C6CCCN6C(=O)C(NC(=O)OC)C(C)C)[nH]5)cc4)(CC2)CC3)[nH]1. The number of hydrogen-bond acceptors (Lipinski definition) is 8. The van der Waals surface area contributed by atoms with Crippen LogP contribution in [0, 0.1) is 11.8 Å². The molecule has 4 heterocycles. The molecule has 5 fully saturated rings. The van der Waals surface area contributed by atoms with Gasteiger partial charge >= 0.3 is 12.2 Å². The number of aromatic amines is 2. The van der Waals surface area contributed by atoms with Gasteiger partial charge in [-0.25, -0.2) is 19.6 Å². The van der Waals surface area contributed by atoms with Crippen LogP contribution in [-0.2, 0) is 29.9 Å². The number of aromatic nitrogens is 4. The van der Waals surface area contributed by atoms with Gasteiger partial charge in [0.1, 0.15) is 23.7 Å². The number of imidazole rings is 2. The third-order valence-corrected chi connectivity index (χ3v) is 13.8. The highest BCUT2D eigenvalue weighted by atomic mass is 16.5. The molecule has 2 saturated heterocycles. The van der Waals surface area contributed by atoms with Gasteiger partial charge in [-0.1, -0.05) is 58.4 Å². The number of hydrogen-bond donors (Lipinski definition) is 4. The van der Waals surface area contributed by atoms with Crippen LogP contribution in [0.4, 0.5) is 9.59 Å². The van der Waals surface area contributed by atoms with Gasteiger partial charge in [0.05, 0.1) is 38.2 Å². The van der Waals surface area contributed by atoms with Crippen molar-refractivity contribution in [3.63, 3.8) is 0 Å². The highest BCUT2D eigenvalue weighted by Gasteiger charge is 2.51. The van der Waals surface area contributed by atoms with Gasteiger partial charge in [-0.2, -0.15) is 0 Å². The Balaban J connectivity index is 0.995. The molecule has 2 aromatic heterocycles. The van der Waals surface area contributed by atoms with Crippen LogP contribution in [0.2, 0.25) is 0 Å². The number of methoxy groups -OCH3 is 2. The Labute approximate surface area is 335 Å². The molecule has 1 aromatic carbocycles. The lowest BCUT2D eigenvalue weighted by Crippen LogP contribution is -2.51. The summed E-state index contributed by atoms with van der Waals surface area (Å²) in [4.78, 5) is 72.1. The molecule has 4 amide bonds. The first-order valence-corrected chi connectivity index (χ1v) is 20.9. The molecule has 0 spiro atoms. The Hall–Kier alpha value is -4.88. The first-order chi connectivity index (χ1) is 27.4. The van der Waals surface area contributed by atoms with Crippen LogP contribution in [0.25, 0.3) is 11.3 Å². The summed E-state index contributed by atoms with van der Waals surface area (Å²) in [5.41, 5.74) is 4.73. The number of fused-ring (bicyclic) bond motifs is 3. The van der Waals surface area contributed by atoms with Gasteiger partial charge in [0, 0.05) is 30.4 Å². The first kappa shape index (κ1) is 40.3. The molecule has 2 bridgehead atoms. The average Bonchev–Trinajstić information content (AvgIpc) is 4.08. The van der Waals surface area contributed by atoms with Crippen molar-refractivity contribution < 1.29 is 28.7 Å². The van der Waals surface area contributed by atoms with Crippen molar-refractivity contribution in [1.82, 2.24) is 40.4 Å². The predicted molar refractivity (Wildman–Crippen MR) is 214 cm³/mol. The van der Waals surface area contributed by atoms with Crippen molar-refractivity contribution in [3.8, 4) is 11.3 Å². The lowest BCUT2D eigenvalue weighted by molar-refractivity contribution is -0.136. The molecular weight excluding hydrogens is 725 g/mol. The molecule has 5 unspecified atom stereocenters. The quantitative estimate of drug-likeness (QED) is 0.155. The van der Waals surface area contributed by atoms with Crippen molar-refractivity contribution in [2.45, 2.75) is 133 Å². The smallest absolute Gasteiger partial charge is 0.407 e. The van der Waals surface area contributed by atoms with Crippen LogP contribution < -0.4 is 10.6 Å². The van der Waals surface area contributed by atoms with E-state index in [9.17, 15) is 19.2 Å². The van der Waals surface area contributed by atoms with Crippen molar-refractivity contribution in [1.29, 1.82) is 0 Å². The van der Waals surface area contributed by atoms with E-state index in [1.165, 1.54) is 25.5 Å². The minimum absolute atomic E-state index is 0.0299. The van der Waals surface area contributed by atoms with Crippen LogP contribution in [0.15, 0.2) is 36.7 Å². The van der Waals surface area contributed by atoms with Crippen molar-refractivity contribution >= 4 is 24.0 Å². The topological polar surface area (TPSA) is 175 Å². The number of ether oxygens (including phenoxy) is 2. The van der Waals surface area contributed by atoms with E-state index in [1.807, 2.05) is 49.9 Å². The largest absolute Gasteiger partial charge is 0.453 e.